The minimum Gasteiger partial charge on any atom is -0.341 e. The van der Waals surface area contributed by atoms with E-state index < -0.39 is 5.91 Å². The molecule has 0 aromatic heterocycles. The number of rotatable bonds is 2. The molecule has 0 heterocycles. The van der Waals surface area contributed by atoms with E-state index in [0.717, 1.165) is 0 Å². The summed E-state index contributed by atoms with van der Waals surface area (Å²) < 4.78 is 0. The second-order valence-electron chi connectivity index (χ2n) is 2.62. The van der Waals surface area contributed by atoms with Crippen LogP contribution in [0.1, 0.15) is 20.8 Å². The predicted octanol–water partition coefficient (Wildman–Crippen LogP) is 0.671. The van der Waals surface area contributed by atoms with Crippen LogP contribution in [-0.2, 0) is 4.79 Å². The normalized spacial score (nSPS) is 12.3. The monoisotopic (exact) mass is 140 g/mol. The van der Waals surface area contributed by atoms with Crippen LogP contribution >= 0.6 is 0 Å². The molecule has 0 aliphatic heterocycles. The highest BCUT2D eigenvalue weighted by atomic mass is 16.1. The van der Waals surface area contributed by atoms with Crippen molar-refractivity contribution in [3.05, 3.63) is 0 Å². The molecule has 0 aromatic carbocycles. The number of nitrogens with one attached hydrogen (secondary N) is 1. The van der Waals surface area contributed by atoms with E-state index in [2.05, 4.69) is 5.32 Å². The Morgan fingerprint density at radius 2 is 2.00 bits per heavy atom. The molecule has 0 spiro atoms. The van der Waals surface area contributed by atoms with Crippen molar-refractivity contribution in [1.29, 1.82) is 5.26 Å². The fourth-order valence-electron chi connectivity index (χ4n) is 0.406. The smallest absolute Gasteiger partial charge is 0.322 e. The molecule has 0 aromatic rings. The summed E-state index contributed by atoms with van der Waals surface area (Å²) in [6.45, 7) is 5.85. The van der Waals surface area contributed by atoms with Gasteiger partial charge in [-0.3, -0.25) is 4.79 Å². The highest BCUT2D eigenvalue weighted by Crippen LogP contribution is 1.98. The van der Waals surface area contributed by atoms with E-state index in [1.807, 2.05) is 20.8 Å². The molecule has 0 aliphatic carbocycles. The van der Waals surface area contributed by atoms with Gasteiger partial charge in [0.2, 0.25) is 0 Å². The molecule has 1 unspecified atom stereocenters. The van der Waals surface area contributed by atoms with Gasteiger partial charge in [0, 0.05) is 6.04 Å². The van der Waals surface area contributed by atoms with Crippen LogP contribution in [0.15, 0.2) is 0 Å². The van der Waals surface area contributed by atoms with E-state index in [-0.39, 0.29) is 6.04 Å². The van der Waals surface area contributed by atoms with Crippen LogP contribution in [0.25, 0.3) is 0 Å². The SMILES string of the molecule is CC(C)C(C)NC(=O)C#N. The maximum Gasteiger partial charge on any atom is 0.322 e. The lowest BCUT2D eigenvalue weighted by Crippen LogP contribution is -2.35. The molecule has 0 bridgehead atoms. The Kier molecular flexibility index (Phi) is 3.48. The lowest BCUT2D eigenvalue weighted by Gasteiger charge is -2.14. The second-order valence-corrected chi connectivity index (χ2v) is 2.62. The van der Waals surface area contributed by atoms with Crippen molar-refractivity contribution in [2.24, 2.45) is 5.92 Å². The summed E-state index contributed by atoms with van der Waals surface area (Å²) in [6, 6.07) is 1.58. The van der Waals surface area contributed by atoms with Gasteiger partial charge >= 0.3 is 5.91 Å². The minimum absolute atomic E-state index is 0.0761. The van der Waals surface area contributed by atoms with Gasteiger partial charge in [-0.2, -0.15) is 5.26 Å². The van der Waals surface area contributed by atoms with Gasteiger partial charge in [-0.15, -0.1) is 0 Å². The Balaban J connectivity index is 3.71. The van der Waals surface area contributed by atoms with Crippen molar-refractivity contribution in [1.82, 2.24) is 5.32 Å². The predicted molar refractivity (Wildman–Crippen MR) is 38.1 cm³/mol. The zero-order valence-electron chi connectivity index (χ0n) is 6.51. The van der Waals surface area contributed by atoms with Crippen molar-refractivity contribution in [3.63, 3.8) is 0 Å². The Morgan fingerprint density at radius 1 is 1.50 bits per heavy atom. The molecular formula is C7H12N2O. The van der Waals surface area contributed by atoms with Gasteiger partial charge in [-0.05, 0) is 12.8 Å². The van der Waals surface area contributed by atoms with Gasteiger partial charge in [-0.25, -0.2) is 0 Å². The molecule has 10 heavy (non-hydrogen) atoms. The van der Waals surface area contributed by atoms with Crippen LogP contribution in [0.4, 0.5) is 0 Å². The van der Waals surface area contributed by atoms with E-state index in [9.17, 15) is 4.79 Å². The van der Waals surface area contributed by atoms with Gasteiger partial charge in [-0.1, -0.05) is 13.8 Å². The van der Waals surface area contributed by atoms with Crippen LogP contribution in [0.2, 0.25) is 0 Å². The van der Waals surface area contributed by atoms with Crippen molar-refractivity contribution in [2.45, 2.75) is 26.8 Å². The lowest BCUT2D eigenvalue weighted by atomic mass is 10.1. The number of hydrogen-bond acceptors (Lipinski definition) is 2. The van der Waals surface area contributed by atoms with E-state index in [1.54, 1.807) is 0 Å². The number of carbonyl (C=O) groups is 1. The van der Waals surface area contributed by atoms with Gasteiger partial charge < -0.3 is 5.32 Å². The third kappa shape index (κ3) is 3.08. The summed E-state index contributed by atoms with van der Waals surface area (Å²) in [5.74, 6) is -0.182. The average molecular weight is 140 g/mol. The van der Waals surface area contributed by atoms with Crippen molar-refractivity contribution in [3.8, 4) is 6.07 Å². The number of hydrogen-bond donors (Lipinski definition) is 1. The molecule has 1 atom stereocenters. The maximum absolute atomic E-state index is 10.5. The molecule has 0 fully saturated rings. The van der Waals surface area contributed by atoms with Crippen LogP contribution in [0.5, 0.6) is 0 Å². The molecule has 3 nitrogen and oxygen atoms in total. The first-order chi connectivity index (χ1) is 4.57. The Labute approximate surface area is 61.0 Å². The van der Waals surface area contributed by atoms with Gasteiger partial charge in [0.15, 0.2) is 6.07 Å². The van der Waals surface area contributed by atoms with Crippen molar-refractivity contribution < 1.29 is 4.79 Å². The standard InChI is InChI=1S/C7H12N2O/c1-5(2)6(3)9-7(10)4-8/h5-6H,1-3H3,(H,9,10). The van der Waals surface area contributed by atoms with Crippen molar-refractivity contribution >= 4 is 5.91 Å². The lowest BCUT2D eigenvalue weighted by molar-refractivity contribution is -0.116. The molecule has 1 N–H and O–H groups in total. The number of carbonyl (C=O) groups excluding carboxylic acids is 1. The first-order valence-electron chi connectivity index (χ1n) is 3.28. The first kappa shape index (κ1) is 8.96. The highest BCUT2D eigenvalue weighted by Gasteiger charge is 2.08. The first-order valence-corrected chi connectivity index (χ1v) is 3.28. The van der Waals surface area contributed by atoms with E-state index >= 15 is 0 Å². The average Bonchev–Trinajstić information content (AvgIpc) is 1.87. The molecule has 0 radical (unpaired) electrons. The van der Waals surface area contributed by atoms with Gasteiger partial charge in [0.05, 0.1) is 0 Å². The number of nitrogens with zero attached hydrogens (tertiary/aromatic N) is 1. The summed E-state index contributed by atoms with van der Waals surface area (Å²) in [4.78, 5) is 10.5. The second kappa shape index (κ2) is 3.89. The van der Waals surface area contributed by atoms with Gasteiger partial charge in [0.25, 0.3) is 0 Å². The zero-order valence-corrected chi connectivity index (χ0v) is 6.51. The molecule has 0 aliphatic rings. The topological polar surface area (TPSA) is 52.9 Å². The fourth-order valence-corrected chi connectivity index (χ4v) is 0.406. The van der Waals surface area contributed by atoms with Crippen LogP contribution in [-0.4, -0.2) is 11.9 Å². The Morgan fingerprint density at radius 3 is 2.30 bits per heavy atom. The number of nitriles is 1. The van der Waals surface area contributed by atoms with Crippen molar-refractivity contribution in [2.75, 3.05) is 0 Å². The molecule has 56 valence electrons. The molecule has 0 rings (SSSR count). The summed E-state index contributed by atoms with van der Waals surface area (Å²) in [5, 5.41) is 10.6. The molecular weight excluding hydrogens is 128 g/mol. The molecule has 3 heteroatoms. The summed E-state index contributed by atoms with van der Waals surface area (Å²) >= 11 is 0. The highest BCUT2D eigenvalue weighted by molar-refractivity contribution is 5.91. The third-order valence-electron chi connectivity index (χ3n) is 1.46. The maximum atomic E-state index is 10.5. The van der Waals surface area contributed by atoms with E-state index in [0.29, 0.717) is 5.92 Å². The van der Waals surface area contributed by atoms with Crippen LogP contribution < -0.4 is 5.32 Å². The largest absolute Gasteiger partial charge is 0.341 e. The van der Waals surface area contributed by atoms with Crippen LogP contribution in [0.3, 0.4) is 0 Å². The Bertz CT molecular complexity index is 157. The summed E-state index contributed by atoms with van der Waals surface area (Å²) in [5.41, 5.74) is 0. The van der Waals surface area contributed by atoms with Crippen LogP contribution in [0, 0.1) is 17.2 Å². The number of amides is 1. The summed E-state index contributed by atoms with van der Waals surface area (Å²) in [6.07, 6.45) is 0. The van der Waals surface area contributed by atoms with E-state index in [4.69, 9.17) is 5.26 Å². The molecule has 0 saturated heterocycles. The quantitative estimate of drug-likeness (QED) is 0.573. The molecule has 0 saturated carbocycles. The Hall–Kier alpha value is -1.04. The third-order valence-corrected chi connectivity index (χ3v) is 1.46. The molecule has 1 amide bonds. The van der Waals surface area contributed by atoms with E-state index in [1.165, 1.54) is 6.07 Å². The summed E-state index contributed by atoms with van der Waals surface area (Å²) in [7, 11) is 0. The van der Waals surface area contributed by atoms with Gasteiger partial charge in [0.1, 0.15) is 0 Å². The zero-order chi connectivity index (χ0) is 8.15. The fraction of sp³-hybridized carbons (Fsp3) is 0.714. The minimum atomic E-state index is -0.554.